The van der Waals surface area contributed by atoms with Crippen LogP contribution in [-0.4, -0.2) is 62.0 Å². The van der Waals surface area contributed by atoms with Crippen LogP contribution in [0.15, 0.2) is 42.5 Å². The van der Waals surface area contributed by atoms with Crippen molar-refractivity contribution >= 4 is 11.8 Å². The minimum Gasteiger partial charge on any atom is -0.497 e. The Labute approximate surface area is 181 Å². The van der Waals surface area contributed by atoms with E-state index in [2.05, 4.69) is 5.32 Å². The molecule has 1 aliphatic rings. The average molecular weight is 429 g/mol. The van der Waals surface area contributed by atoms with E-state index in [1.165, 1.54) is 13.2 Å². The molecule has 1 heterocycles. The van der Waals surface area contributed by atoms with Gasteiger partial charge in [0.1, 0.15) is 17.3 Å². The van der Waals surface area contributed by atoms with Crippen LogP contribution >= 0.6 is 0 Å². The molecule has 0 aromatic heterocycles. The fourth-order valence-corrected chi connectivity index (χ4v) is 3.63. The fourth-order valence-electron chi connectivity index (χ4n) is 3.63. The standard InChI is InChI=1S/C23H28FN3O4/c1-26(14-16-5-4-6-18(11-16)30-2)22(28)13-21-23(29)25-9-10-27(21)15-17-7-8-19(31-3)12-20(17)24/h4-8,11-12,21H,9-10,13-15H2,1-3H3,(H,25,29)/t21-/m0/s1. The first-order valence-corrected chi connectivity index (χ1v) is 10.1. The van der Waals surface area contributed by atoms with Gasteiger partial charge in [0.15, 0.2) is 0 Å². The van der Waals surface area contributed by atoms with Crippen LogP contribution in [-0.2, 0) is 22.7 Å². The van der Waals surface area contributed by atoms with Crippen molar-refractivity contribution in [3.63, 3.8) is 0 Å². The second-order valence-electron chi connectivity index (χ2n) is 7.54. The number of benzene rings is 2. The number of nitrogens with one attached hydrogen (secondary N) is 1. The normalized spacial score (nSPS) is 16.5. The number of amides is 2. The zero-order chi connectivity index (χ0) is 22.4. The summed E-state index contributed by atoms with van der Waals surface area (Å²) in [4.78, 5) is 28.8. The molecule has 0 unspecified atom stereocenters. The first kappa shape index (κ1) is 22.6. The number of carbonyl (C=O) groups is 2. The Balaban J connectivity index is 1.67. The molecule has 166 valence electrons. The average Bonchev–Trinajstić information content (AvgIpc) is 2.77. The lowest BCUT2D eigenvalue weighted by Crippen LogP contribution is -2.56. The SMILES string of the molecule is COc1cccc(CN(C)C(=O)C[C@H]2C(=O)NCCN2Cc2ccc(OC)cc2F)c1. The molecule has 7 nitrogen and oxygen atoms in total. The summed E-state index contributed by atoms with van der Waals surface area (Å²) in [6.07, 6.45) is 0.0179. The molecule has 0 bridgehead atoms. The monoisotopic (exact) mass is 429 g/mol. The quantitative estimate of drug-likeness (QED) is 0.697. The van der Waals surface area contributed by atoms with Crippen LogP contribution in [0.1, 0.15) is 17.5 Å². The maximum Gasteiger partial charge on any atom is 0.237 e. The van der Waals surface area contributed by atoms with Crippen LogP contribution in [0, 0.1) is 5.82 Å². The van der Waals surface area contributed by atoms with Gasteiger partial charge >= 0.3 is 0 Å². The van der Waals surface area contributed by atoms with E-state index in [4.69, 9.17) is 9.47 Å². The second-order valence-corrected chi connectivity index (χ2v) is 7.54. The van der Waals surface area contributed by atoms with Gasteiger partial charge in [-0.15, -0.1) is 0 Å². The second kappa shape index (κ2) is 10.3. The maximum atomic E-state index is 14.4. The zero-order valence-corrected chi connectivity index (χ0v) is 18.1. The van der Waals surface area contributed by atoms with Crippen molar-refractivity contribution in [2.75, 3.05) is 34.4 Å². The Morgan fingerprint density at radius 3 is 2.65 bits per heavy atom. The third kappa shape index (κ3) is 5.73. The lowest BCUT2D eigenvalue weighted by atomic mass is 10.1. The molecule has 2 amide bonds. The van der Waals surface area contributed by atoms with E-state index < -0.39 is 11.9 Å². The summed E-state index contributed by atoms with van der Waals surface area (Å²) < 4.78 is 24.7. The van der Waals surface area contributed by atoms with Crippen molar-refractivity contribution in [3.8, 4) is 11.5 Å². The predicted octanol–water partition coefficient (Wildman–Crippen LogP) is 2.19. The van der Waals surface area contributed by atoms with E-state index >= 15 is 0 Å². The fraction of sp³-hybridized carbons (Fsp3) is 0.391. The molecule has 2 aromatic carbocycles. The molecule has 0 spiro atoms. The van der Waals surface area contributed by atoms with Crippen molar-refractivity contribution in [3.05, 3.63) is 59.4 Å². The van der Waals surface area contributed by atoms with E-state index in [1.807, 2.05) is 29.2 Å². The number of nitrogens with zero attached hydrogens (tertiary/aromatic N) is 2. The molecule has 0 saturated carbocycles. The van der Waals surface area contributed by atoms with Crippen molar-refractivity contribution < 1.29 is 23.5 Å². The lowest BCUT2D eigenvalue weighted by Gasteiger charge is -2.35. The predicted molar refractivity (Wildman–Crippen MR) is 114 cm³/mol. The molecule has 0 radical (unpaired) electrons. The Kier molecular flexibility index (Phi) is 7.46. The van der Waals surface area contributed by atoms with Crippen LogP contribution in [0.2, 0.25) is 0 Å². The van der Waals surface area contributed by atoms with E-state index in [-0.39, 0.29) is 24.8 Å². The van der Waals surface area contributed by atoms with Gasteiger partial charge in [0.05, 0.1) is 26.7 Å². The minimum atomic E-state index is -0.657. The summed E-state index contributed by atoms with van der Waals surface area (Å²) in [6, 6.07) is 11.5. The third-order valence-electron chi connectivity index (χ3n) is 5.42. The van der Waals surface area contributed by atoms with Gasteiger partial charge in [0, 0.05) is 44.9 Å². The smallest absolute Gasteiger partial charge is 0.237 e. The van der Waals surface area contributed by atoms with Gasteiger partial charge in [0.25, 0.3) is 0 Å². The number of rotatable bonds is 8. The Bertz CT molecular complexity index is 937. The van der Waals surface area contributed by atoms with Crippen LogP contribution < -0.4 is 14.8 Å². The molecular weight excluding hydrogens is 401 g/mol. The Morgan fingerprint density at radius 1 is 1.19 bits per heavy atom. The first-order valence-electron chi connectivity index (χ1n) is 10.1. The molecule has 8 heteroatoms. The van der Waals surface area contributed by atoms with Gasteiger partial charge in [-0.3, -0.25) is 14.5 Å². The highest BCUT2D eigenvalue weighted by molar-refractivity contribution is 5.88. The number of carbonyl (C=O) groups excluding carboxylic acids is 2. The van der Waals surface area contributed by atoms with Crippen molar-refractivity contribution in [2.24, 2.45) is 0 Å². The van der Waals surface area contributed by atoms with Crippen molar-refractivity contribution in [1.29, 1.82) is 0 Å². The molecule has 1 atom stereocenters. The van der Waals surface area contributed by atoms with Crippen molar-refractivity contribution in [2.45, 2.75) is 25.6 Å². The number of piperazine rings is 1. The van der Waals surface area contributed by atoms with Gasteiger partial charge in [-0.05, 0) is 23.8 Å². The summed E-state index contributed by atoms with van der Waals surface area (Å²) in [5.41, 5.74) is 1.39. The highest BCUT2D eigenvalue weighted by Crippen LogP contribution is 2.21. The highest BCUT2D eigenvalue weighted by atomic mass is 19.1. The van der Waals surface area contributed by atoms with Gasteiger partial charge in [-0.25, -0.2) is 4.39 Å². The highest BCUT2D eigenvalue weighted by Gasteiger charge is 2.32. The molecule has 0 aliphatic carbocycles. The van der Waals surface area contributed by atoms with Gasteiger partial charge in [-0.1, -0.05) is 18.2 Å². The molecule has 1 N–H and O–H groups in total. The summed E-state index contributed by atoms with van der Waals surface area (Å²) in [7, 11) is 4.78. The van der Waals surface area contributed by atoms with Crippen LogP contribution in [0.25, 0.3) is 0 Å². The molecule has 3 rings (SSSR count). The molecule has 31 heavy (non-hydrogen) atoms. The van der Waals surface area contributed by atoms with E-state index in [0.29, 0.717) is 30.9 Å². The van der Waals surface area contributed by atoms with E-state index in [0.717, 1.165) is 11.3 Å². The largest absolute Gasteiger partial charge is 0.497 e. The lowest BCUT2D eigenvalue weighted by molar-refractivity contribution is -0.138. The third-order valence-corrected chi connectivity index (χ3v) is 5.42. The van der Waals surface area contributed by atoms with Crippen LogP contribution in [0.5, 0.6) is 11.5 Å². The van der Waals surface area contributed by atoms with E-state index in [1.54, 1.807) is 31.2 Å². The van der Waals surface area contributed by atoms with Gasteiger partial charge < -0.3 is 19.7 Å². The maximum absolute atomic E-state index is 14.4. The number of halogens is 1. The van der Waals surface area contributed by atoms with Gasteiger partial charge in [-0.2, -0.15) is 0 Å². The Morgan fingerprint density at radius 2 is 1.94 bits per heavy atom. The summed E-state index contributed by atoms with van der Waals surface area (Å²) in [6.45, 7) is 1.63. The zero-order valence-electron chi connectivity index (χ0n) is 18.1. The number of hydrogen-bond donors (Lipinski definition) is 1. The van der Waals surface area contributed by atoms with E-state index in [9.17, 15) is 14.0 Å². The van der Waals surface area contributed by atoms with Gasteiger partial charge in [0.2, 0.25) is 11.8 Å². The Hall–Kier alpha value is -3.13. The first-order chi connectivity index (χ1) is 14.9. The topological polar surface area (TPSA) is 71.1 Å². The molecule has 1 aliphatic heterocycles. The van der Waals surface area contributed by atoms with Crippen molar-refractivity contribution in [1.82, 2.24) is 15.1 Å². The summed E-state index contributed by atoms with van der Waals surface area (Å²) in [5.74, 6) is 0.375. The van der Waals surface area contributed by atoms with Crippen LogP contribution in [0.4, 0.5) is 4.39 Å². The van der Waals surface area contributed by atoms with Crippen LogP contribution in [0.3, 0.4) is 0 Å². The molecule has 1 fully saturated rings. The molecule has 2 aromatic rings. The summed E-state index contributed by atoms with van der Waals surface area (Å²) >= 11 is 0. The molecular formula is C23H28FN3O4. The summed E-state index contributed by atoms with van der Waals surface area (Å²) in [5, 5.41) is 2.81. The number of hydrogen-bond acceptors (Lipinski definition) is 5. The molecule has 1 saturated heterocycles. The number of ether oxygens (including phenoxy) is 2. The number of methoxy groups -OCH3 is 2. The minimum absolute atomic E-state index is 0.0179.